The molecule has 0 bridgehead atoms. The van der Waals surface area contributed by atoms with E-state index in [4.69, 9.17) is 5.11 Å². The Morgan fingerprint density at radius 1 is 1.35 bits per heavy atom. The SMILES string of the molecule is O=C(O)c1ccc(N2CCCC(C(F)(F)F)C2)c(F)c1. The highest BCUT2D eigenvalue weighted by Crippen LogP contribution is 2.35. The van der Waals surface area contributed by atoms with Crippen LogP contribution in [0.4, 0.5) is 23.2 Å². The molecule has 1 aromatic carbocycles. The Morgan fingerprint density at radius 2 is 2.05 bits per heavy atom. The zero-order chi connectivity index (χ0) is 14.9. The third-order valence-electron chi connectivity index (χ3n) is 3.42. The summed E-state index contributed by atoms with van der Waals surface area (Å²) in [6, 6.07) is 3.24. The van der Waals surface area contributed by atoms with E-state index in [1.807, 2.05) is 0 Å². The highest BCUT2D eigenvalue weighted by Gasteiger charge is 2.42. The molecule has 3 nitrogen and oxygen atoms in total. The average Bonchev–Trinajstić information content (AvgIpc) is 2.37. The molecule has 110 valence electrons. The number of nitrogens with zero attached hydrogens (tertiary/aromatic N) is 1. The molecule has 0 amide bonds. The van der Waals surface area contributed by atoms with Crippen LogP contribution in [0.2, 0.25) is 0 Å². The van der Waals surface area contributed by atoms with Crippen LogP contribution in [0.3, 0.4) is 0 Å². The summed E-state index contributed by atoms with van der Waals surface area (Å²) in [7, 11) is 0. The lowest BCUT2D eigenvalue weighted by Gasteiger charge is -2.35. The first kappa shape index (κ1) is 14.6. The Bertz CT molecular complexity index is 516. The molecule has 1 heterocycles. The maximum absolute atomic E-state index is 13.8. The van der Waals surface area contributed by atoms with Crippen molar-refractivity contribution in [3.63, 3.8) is 0 Å². The van der Waals surface area contributed by atoms with Crippen LogP contribution in [0, 0.1) is 11.7 Å². The van der Waals surface area contributed by atoms with Crippen molar-refractivity contribution in [1.29, 1.82) is 0 Å². The van der Waals surface area contributed by atoms with E-state index in [2.05, 4.69) is 0 Å². The van der Waals surface area contributed by atoms with Crippen LogP contribution in [0.5, 0.6) is 0 Å². The number of hydrogen-bond donors (Lipinski definition) is 1. The summed E-state index contributed by atoms with van der Waals surface area (Å²) in [5.74, 6) is -3.57. The molecule has 0 saturated carbocycles. The number of carboxylic acids is 1. The van der Waals surface area contributed by atoms with E-state index < -0.39 is 23.9 Å². The number of anilines is 1. The predicted octanol–water partition coefficient (Wildman–Crippen LogP) is 3.30. The molecule has 7 heteroatoms. The quantitative estimate of drug-likeness (QED) is 0.850. The summed E-state index contributed by atoms with van der Waals surface area (Å²) in [5, 5.41) is 8.73. The van der Waals surface area contributed by atoms with Gasteiger partial charge < -0.3 is 10.0 Å². The lowest BCUT2D eigenvalue weighted by atomic mass is 9.97. The fourth-order valence-corrected chi connectivity index (χ4v) is 2.36. The summed E-state index contributed by atoms with van der Waals surface area (Å²) in [6.45, 7) is 0.0305. The van der Waals surface area contributed by atoms with Crippen LogP contribution in [-0.4, -0.2) is 30.3 Å². The first-order valence-corrected chi connectivity index (χ1v) is 6.13. The molecule has 1 atom stereocenters. The van der Waals surface area contributed by atoms with Gasteiger partial charge in [-0.15, -0.1) is 0 Å². The van der Waals surface area contributed by atoms with E-state index in [-0.39, 0.29) is 24.2 Å². The number of benzene rings is 1. The molecule has 2 rings (SSSR count). The standard InChI is InChI=1S/C13H13F4NO2/c14-10-6-8(12(19)20)3-4-11(10)18-5-1-2-9(7-18)13(15,16)17/h3-4,6,9H,1-2,5,7H2,(H,19,20). The Kier molecular flexibility index (Phi) is 3.87. The Labute approximate surface area is 112 Å². The minimum absolute atomic E-state index is 0.0175. The number of hydrogen-bond acceptors (Lipinski definition) is 2. The largest absolute Gasteiger partial charge is 0.478 e. The van der Waals surface area contributed by atoms with Gasteiger partial charge in [0.05, 0.1) is 17.2 Å². The predicted molar refractivity (Wildman–Crippen MR) is 64.4 cm³/mol. The maximum Gasteiger partial charge on any atom is 0.393 e. The summed E-state index contributed by atoms with van der Waals surface area (Å²) < 4.78 is 51.9. The van der Waals surface area contributed by atoms with Crippen LogP contribution in [-0.2, 0) is 0 Å². The van der Waals surface area contributed by atoms with Crippen molar-refractivity contribution in [2.75, 3.05) is 18.0 Å². The van der Waals surface area contributed by atoms with E-state index >= 15 is 0 Å². The summed E-state index contributed by atoms with van der Waals surface area (Å²) in [6.07, 6.45) is -3.94. The van der Waals surface area contributed by atoms with Crippen molar-refractivity contribution in [3.8, 4) is 0 Å². The molecular formula is C13H13F4NO2. The molecular weight excluding hydrogens is 278 g/mol. The van der Waals surface area contributed by atoms with Gasteiger partial charge in [0.15, 0.2) is 0 Å². The first-order valence-electron chi connectivity index (χ1n) is 6.13. The van der Waals surface area contributed by atoms with E-state index in [1.54, 1.807) is 0 Å². The van der Waals surface area contributed by atoms with E-state index in [1.165, 1.54) is 17.0 Å². The highest BCUT2D eigenvalue weighted by atomic mass is 19.4. The van der Waals surface area contributed by atoms with Gasteiger partial charge in [-0.2, -0.15) is 13.2 Å². The second-order valence-electron chi connectivity index (χ2n) is 4.80. The van der Waals surface area contributed by atoms with Crippen LogP contribution in [0.15, 0.2) is 18.2 Å². The fourth-order valence-electron chi connectivity index (χ4n) is 2.36. The molecule has 0 aromatic heterocycles. The van der Waals surface area contributed by atoms with Gasteiger partial charge in [-0.05, 0) is 31.0 Å². The first-order chi connectivity index (χ1) is 9.29. The molecule has 0 radical (unpaired) electrons. The van der Waals surface area contributed by atoms with Gasteiger partial charge in [0, 0.05) is 13.1 Å². The molecule has 0 aliphatic carbocycles. The van der Waals surface area contributed by atoms with Crippen molar-refractivity contribution in [2.24, 2.45) is 5.92 Å². The normalized spacial score (nSPS) is 20.0. The molecule has 0 spiro atoms. The van der Waals surface area contributed by atoms with E-state index in [9.17, 15) is 22.4 Å². The Hall–Kier alpha value is -1.79. The Balaban J connectivity index is 2.21. The van der Waals surface area contributed by atoms with Gasteiger partial charge in [-0.25, -0.2) is 9.18 Å². The van der Waals surface area contributed by atoms with Gasteiger partial charge in [0.1, 0.15) is 5.82 Å². The van der Waals surface area contributed by atoms with Crippen molar-refractivity contribution in [3.05, 3.63) is 29.6 Å². The zero-order valence-electron chi connectivity index (χ0n) is 10.5. The van der Waals surface area contributed by atoms with Crippen molar-refractivity contribution in [2.45, 2.75) is 19.0 Å². The number of aromatic carboxylic acids is 1. The van der Waals surface area contributed by atoms with Gasteiger partial charge in [0.2, 0.25) is 0 Å². The summed E-state index contributed by atoms with van der Waals surface area (Å²) in [4.78, 5) is 12.0. The summed E-state index contributed by atoms with van der Waals surface area (Å²) >= 11 is 0. The second kappa shape index (κ2) is 5.30. The molecule has 1 unspecified atom stereocenters. The van der Waals surface area contributed by atoms with Crippen LogP contribution in [0.25, 0.3) is 0 Å². The smallest absolute Gasteiger partial charge is 0.393 e. The number of rotatable bonds is 2. The zero-order valence-corrected chi connectivity index (χ0v) is 10.5. The molecule has 1 aromatic rings. The van der Waals surface area contributed by atoms with E-state index in [0.29, 0.717) is 13.0 Å². The van der Waals surface area contributed by atoms with E-state index in [0.717, 1.165) is 6.07 Å². The molecule has 1 N–H and O–H groups in total. The van der Waals surface area contributed by atoms with Gasteiger partial charge >= 0.3 is 12.1 Å². The van der Waals surface area contributed by atoms with Crippen molar-refractivity contribution in [1.82, 2.24) is 0 Å². The van der Waals surface area contributed by atoms with Crippen LogP contribution < -0.4 is 4.90 Å². The lowest BCUT2D eigenvalue weighted by molar-refractivity contribution is -0.176. The van der Waals surface area contributed by atoms with Gasteiger partial charge in [-0.1, -0.05) is 0 Å². The fraction of sp³-hybridized carbons (Fsp3) is 0.462. The molecule has 1 aliphatic heterocycles. The van der Waals surface area contributed by atoms with Crippen molar-refractivity contribution < 1.29 is 27.5 Å². The van der Waals surface area contributed by atoms with Crippen LogP contribution in [0.1, 0.15) is 23.2 Å². The Morgan fingerprint density at radius 3 is 2.60 bits per heavy atom. The third kappa shape index (κ3) is 3.02. The molecule has 1 aliphatic rings. The monoisotopic (exact) mass is 291 g/mol. The number of carboxylic acid groups (broad SMARTS) is 1. The minimum Gasteiger partial charge on any atom is -0.478 e. The topological polar surface area (TPSA) is 40.5 Å². The minimum atomic E-state index is -4.30. The molecule has 1 fully saturated rings. The number of carbonyl (C=O) groups is 1. The van der Waals surface area contributed by atoms with Crippen molar-refractivity contribution >= 4 is 11.7 Å². The van der Waals surface area contributed by atoms with Crippen LogP contribution >= 0.6 is 0 Å². The van der Waals surface area contributed by atoms with Gasteiger partial charge in [-0.3, -0.25) is 0 Å². The summed E-state index contributed by atoms with van der Waals surface area (Å²) in [5.41, 5.74) is -0.209. The second-order valence-corrected chi connectivity index (χ2v) is 4.80. The molecule has 1 saturated heterocycles. The number of piperidine rings is 1. The lowest BCUT2D eigenvalue weighted by Crippen LogP contribution is -2.42. The maximum atomic E-state index is 13.8. The van der Waals surface area contributed by atoms with Gasteiger partial charge in [0.25, 0.3) is 0 Å². The highest BCUT2D eigenvalue weighted by molar-refractivity contribution is 5.88. The number of halogens is 4. The molecule has 20 heavy (non-hydrogen) atoms. The average molecular weight is 291 g/mol. The number of alkyl halides is 3. The third-order valence-corrected chi connectivity index (χ3v) is 3.42.